The summed E-state index contributed by atoms with van der Waals surface area (Å²) < 4.78 is 0. The van der Waals surface area contributed by atoms with Crippen LogP contribution in [0.1, 0.15) is 11.4 Å². The molecule has 2 N–H and O–H groups in total. The summed E-state index contributed by atoms with van der Waals surface area (Å²) in [6, 6.07) is 0.380. The van der Waals surface area contributed by atoms with Gasteiger partial charge in [-0.3, -0.25) is 4.90 Å². The Morgan fingerprint density at radius 1 is 1.75 bits per heavy atom. The van der Waals surface area contributed by atoms with E-state index in [1.807, 2.05) is 11.6 Å². The lowest BCUT2D eigenvalue weighted by molar-refractivity contribution is 0.326. The van der Waals surface area contributed by atoms with Crippen LogP contribution in [0.25, 0.3) is 0 Å². The second-order valence-electron chi connectivity index (χ2n) is 3.21. The zero-order valence-corrected chi connectivity index (χ0v) is 7.76. The summed E-state index contributed by atoms with van der Waals surface area (Å²) in [7, 11) is 0. The zero-order valence-electron chi connectivity index (χ0n) is 6.94. The number of thiazole rings is 1. The molecule has 0 unspecified atom stereocenters. The minimum atomic E-state index is 0.380. The predicted octanol–water partition coefficient (Wildman–Crippen LogP) is 0.676. The monoisotopic (exact) mass is 183 g/mol. The summed E-state index contributed by atoms with van der Waals surface area (Å²) in [5, 5.41) is 3.22. The van der Waals surface area contributed by atoms with E-state index in [4.69, 9.17) is 5.73 Å². The minimum absolute atomic E-state index is 0.380. The highest BCUT2D eigenvalue weighted by Gasteiger charge is 2.19. The van der Waals surface area contributed by atoms with Crippen LogP contribution in [-0.2, 0) is 6.54 Å². The molecule has 0 aliphatic carbocycles. The molecular weight excluding hydrogens is 170 g/mol. The highest BCUT2D eigenvalue weighted by Crippen LogP contribution is 2.13. The number of hydrogen-bond donors (Lipinski definition) is 1. The van der Waals surface area contributed by atoms with Crippen LogP contribution in [0.2, 0.25) is 0 Å². The Balaban J connectivity index is 1.88. The molecule has 1 aromatic rings. The third-order valence-corrected chi connectivity index (χ3v) is 2.92. The third kappa shape index (κ3) is 1.83. The lowest BCUT2D eigenvalue weighted by Crippen LogP contribution is -2.26. The van der Waals surface area contributed by atoms with Crippen molar-refractivity contribution in [2.75, 3.05) is 13.1 Å². The van der Waals surface area contributed by atoms with Gasteiger partial charge in [-0.1, -0.05) is 0 Å². The Bertz CT molecular complexity index is 234. The molecule has 1 fully saturated rings. The Hall–Kier alpha value is -0.450. The van der Waals surface area contributed by atoms with Crippen LogP contribution in [0, 0.1) is 0 Å². The highest BCUT2D eigenvalue weighted by molar-refractivity contribution is 7.09. The van der Waals surface area contributed by atoms with E-state index in [-0.39, 0.29) is 0 Å². The average molecular weight is 183 g/mol. The maximum Gasteiger partial charge on any atom is 0.107 e. The first-order chi connectivity index (χ1) is 5.84. The van der Waals surface area contributed by atoms with Gasteiger partial charge in [-0.2, -0.15) is 0 Å². The topological polar surface area (TPSA) is 42.1 Å². The van der Waals surface area contributed by atoms with Gasteiger partial charge in [0.15, 0.2) is 0 Å². The molecule has 0 radical (unpaired) electrons. The van der Waals surface area contributed by atoms with Crippen LogP contribution in [0.15, 0.2) is 11.6 Å². The van der Waals surface area contributed by atoms with Crippen LogP contribution >= 0.6 is 11.3 Å². The smallest absolute Gasteiger partial charge is 0.107 e. The summed E-state index contributed by atoms with van der Waals surface area (Å²) in [6.07, 6.45) is 2.99. The predicted molar refractivity (Wildman–Crippen MR) is 50.0 cm³/mol. The third-order valence-electron chi connectivity index (χ3n) is 2.15. The Kier molecular flexibility index (Phi) is 2.39. The molecule has 12 heavy (non-hydrogen) atoms. The standard InChI is InChI=1S/C8H13N3S/c9-7-1-3-11(5-7)6-8-10-2-4-12-8/h2,4,7H,1,3,5-6,9H2/t7-/m1/s1. The van der Waals surface area contributed by atoms with Crippen LogP contribution in [0.5, 0.6) is 0 Å². The van der Waals surface area contributed by atoms with E-state index < -0.39 is 0 Å². The van der Waals surface area contributed by atoms with Crippen molar-refractivity contribution < 1.29 is 0 Å². The number of aromatic nitrogens is 1. The largest absolute Gasteiger partial charge is 0.326 e. The molecule has 0 aromatic carbocycles. The molecule has 1 aliphatic rings. The lowest BCUT2D eigenvalue weighted by atomic mass is 10.3. The lowest BCUT2D eigenvalue weighted by Gasteiger charge is -2.12. The first-order valence-corrected chi connectivity index (χ1v) is 5.09. The fraction of sp³-hybridized carbons (Fsp3) is 0.625. The number of rotatable bonds is 2. The summed E-state index contributed by atoms with van der Waals surface area (Å²) in [5.41, 5.74) is 5.80. The van der Waals surface area contributed by atoms with Gasteiger partial charge in [0.1, 0.15) is 5.01 Å². The van der Waals surface area contributed by atoms with Crippen LogP contribution in [0.3, 0.4) is 0 Å². The maximum absolute atomic E-state index is 5.80. The molecule has 66 valence electrons. The SMILES string of the molecule is N[C@@H]1CCN(Cc2nccs2)C1. The number of nitrogens with two attached hydrogens (primary N) is 1. The summed E-state index contributed by atoms with van der Waals surface area (Å²) in [6.45, 7) is 3.13. The van der Waals surface area contributed by atoms with Gasteiger partial charge in [-0.25, -0.2) is 4.98 Å². The Morgan fingerprint density at radius 3 is 3.25 bits per heavy atom. The van der Waals surface area contributed by atoms with Gasteiger partial charge >= 0.3 is 0 Å². The summed E-state index contributed by atoms with van der Waals surface area (Å²) in [5.74, 6) is 0. The normalized spacial score (nSPS) is 24.9. The molecular formula is C8H13N3S. The summed E-state index contributed by atoms with van der Waals surface area (Å²) >= 11 is 1.72. The van der Waals surface area contributed by atoms with E-state index in [9.17, 15) is 0 Å². The average Bonchev–Trinajstić information content (AvgIpc) is 2.63. The minimum Gasteiger partial charge on any atom is -0.326 e. The van der Waals surface area contributed by atoms with Crippen molar-refractivity contribution in [3.63, 3.8) is 0 Å². The van der Waals surface area contributed by atoms with Gasteiger partial charge in [0, 0.05) is 30.7 Å². The fourth-order valence-electron chi connectivity index (χ4n) is 1.53. The Morgan fingerprint density at radius 2 is 2.67 bits per heavy atom. The molecule has 2 rings (SSSR count). The highest BCUT2D eigenvalue weighted by atomic mass is 32.1. The van der Waals surface area contributed by atoms with Gasteiger partial charge in [-0.15, -0.1) is 11.3 Å². The molecule has 4 heteroatoms. The number of hydrogen-bond acceptors (Lipinski definition) is 4. The molecule has 0 spiro atoms. The number of nitrogens with zero attached hydrogens (tertiary/aromatic N) is 2. The van der Waals surface area contributed by atoms with Crippen molar-refractivity contribution in [2.24, 2.45) is 5.73 Å². The molecule has 0 amide bonds. The maximum atomic E-state index is 5.80. The summed E-state index contributed by atoms with van der Waals surface area (Å²) in [4.78, 5) is 6.61. The van der Waals surface area contributed by atoms with E-state index in [1.54, 1.807) is 11.3 Å². The fourth-order valence-corrected chi connectivity index (χ4v) is 2.19. The van der Waals surface area contributed by atoms with Crippen LogP contribution < -0.4 is 5.73 Å². The molecule has 2 heterocycles. The van der Waals surface area contributed by atoms with E-state index in [0.29, 0.717) is 6.04 Å². The van der Waals surface area contributed by atoms with Gasteiger partial charge in [0.05, 0.1) is 6.54 Å². The molecule has 3 nitrogen and oxygen atoms in total. The van der Waals surface area contributed by atoms with Crippen molar-refractivity contribution in [1.29, 1.82) is 0 Å². The van der Waals surface area contributed by atoms with E-state index in [1.165, 1.54) is 5.01 Å². The van der Waals surface area contributed by atoms with Crippen molar-refractivity contribution in [1.82, 2.24) is 9.88 Å². The second kappa shape index (κ2) is 3.51. The van der Waals surface area contributed by atoms with Gasteiger partial charge in [0.2, 0.25) is 0 Å². The van der Waals surface area contributed by atoms with Crippen LogP contribution in [-0.4, -0.2) is 29.0 Å². The molecule has 1 aliphatic heterocycles. The van der Waals surface area contributed by atoms with Crippen LogP contribution in [0.4, 0.5) is 0 Å². The quantitative estimate of drug-likeness (QED) is 0.733. The van der Waals surface area contributed by atoms with Crippen molar-refractivity contribution >= 4 is 11.3 Å². The van der Waals surface area contributed by atoms with Gasteiger partial charge in [0.25, 0.3) is 0 Å². The van der Waals surface area contributed by atoms with E-state index in [2.05, 4.69) is 9.88 Å². The first-order valence-electron chi connectivity index (χ1n) is 4.21. The number of likely N-dealkylation sites (tertiary alicyclic amines) is 1. The second-order valence-corrected chi connectivity index (χ2v) is 4.19. The molecule has 1 saturated heterocycles. The first kappa shape index (κ1) is 8.16. The molecule has 1 atom stereocenters. The van der Waals surface area contributed by atoms with Crippen molar-refractivity contribution in [3.05, 3.63) is 16.6 Å². The Labute approximate surface area is 76.2 Å². The van der Waals surface area contributed by atoms with Crippen molar-refractivity contribution in [2.45, 2.75) is 19.0 Å². The molecule has 0 saturated carbocycles. The van der Waals surface area contributed by atoms with E-state index >= 15 is 0 Å². The zero-order chi connectivity index (χ0) is 8.39. The van der Waals surface area contributed by atoms with Gasteiger partial charge in [-0.05, 0) is 6.42 Å². The van der Waals surface area contributed by atoms with Gasteiger partial charge < -0.3 is 5.73 Å². The molecule has 1 aromatic heterocycles. The van der Waals surface area contributed by atoms with E-state index in [0.717, 1.165) is 26.1 Å². The molecule has 0 bridgehead atoms. The van der Waals surface area contributed by atoms with Crippen molar-refractivity contribution in [3.8, 4) is 0 Å².